The summed E-state index contributed by atoms with van der Waals surface area (Å²) in [5, 5.41) is 3.11. The molecule has 3 rings (SSSR count). The quantitative estimate of drug-likeness (QED) is 0.935. The molecule has 0 radical (unpaired) electrons. The van der Waals surface area contributed by atoms with Crippen LogP contribution in [0.4, 0.5) is 20.3 Å². The standard InChI is InChI=1S/C15H14F2N4O2/c16-13(17)9-23-11-6-10(7-18-8-11)15(22)21-5-4-20-14-12(21)2-1-3-19-14/h1-3,6-8,13H,4-5,9H2,(H,19,20). The van der Waals surface area contributed by atoms with Crippen molar-refractivity contribution < 1.29 is 18.3 Å². The molecular weight excluding hydrogens is 306 g/mol. The summed E-state index contributed by atoms with van der Waals surface area (Å²) in [6.07, 6.45) is 1.74. The highest BCUT2D eigenvalue weighted by Crippen LogP contribution is 2.27. The second-order valence-electron chi connectivity index (χ2n) is 4.87. The Morgan fingerprint density at radius 3 is 3.13 bits per heavy atom. The van der Waals surface area contributed by atoms with Crippen LogP contribution in [0.3, 0.4) is 0 Å². The first kappa shape index (κ1) is 15.1. The van der Waals surface area contributed by atoms with E-state index in [4.69, 9.17) is 4.74 Å². The van der Waals surface area contributed by atoms with E-state index in [2.05, 4.69) is 15.3 Å². The Bertz CT molecular complexity index is 711. The Labute approximate surface area is 131 Å². The fourth-order valence-corrected chi connectivity index (χ4v) is 2.30. The zero-order valence-electron chi connectivity index (χ0n) is 12.1. The number of ether oxygens (including phenoxy) is 1. The molecular formula is C15H14F2N4O2. The molecule has 1 amide bonds. The van der Waals surface area contributed by atoms with Crippen molar-refractivity contribution in [1.82, 2.24) is 9.97 Å². The second kappa shape index (κ2) is 6.55. The number of carbonyl (C=O) groups is 1. The molecule has 0 aromatic carbocycles. The number of nitrogens with zero attached hydrogens (tertiary/aromatic N) is 3. The number of fused-ring (bicyclic) bond motifs is 1. The smallest absolute Gasteiger partial charge is 0.272 e. The average Bonchev–Trinajstić information content (AvgIpc) is 2.59. The maximum atomic E-state index is 12.7. The fraction of sp³-hybridized carbons (Fsp3) is 0.267. The van der Waals surface area contributed by atoms with Gasteiger partial charge in [0.05, 0.1) is 17.4 Å². The lowest BCUT2D eigenvalue weighted by Gasteiger charge is -2.29. The maximum absolute atomic E-state index is 12.7. The van der Waals surface area contributed by atoms with E-state index in [-0.39, 0.29) is 17.2 Å². The van der Waals surface area contributed by atoms with Crippen LogP contribution in [0.5, 0.6) is 5.75 Å². The van der Waals surface area contributed by atoms with Gasteiger partial charge in [-0.1, -0.05) is 0 Å². The van der Waals surface area contributed by atoms with E-state index < -0.39 is 13.0 Å². The largest absolute Gasteiger partial charge is 0.486 e. The first-order chi connectivity index (χ1) is 11.1. The van der Waals surface area contributed by atoms with E-state index in [1.807, 2.05) is 0 Å². The van der Waals surface area contributed by atoms with Crippen molar-refractivity contribution in [3.05, 3.63) is 42.4 Å². The van der Waals surface area contributed by atoms with Crippen LogP contribution < -0.4 is 15.0 Å². The molecule has 0 unspecified atom stereocenters. The molecule has 0 aliphatic carbocycles. The molecule has 2 aromatic heterocycles. The van der Waals surface area contributed by atoms with Gasteiger partial charge in [0.15, 0.2) is 0 Å². The summed E-state index contributed by atoms with van der Waals surface area (Å²) >= 11 is 0. The maximum Gasteiger partial charge on any atom is 0.272 e. The molecule has 0 fully saturated rings. The molecule has 1 aliphatic heterocycles. The molecule has 23 heavy (non-hydrogen) atoms. The van der Waals surface area contributed by atoms with Gasteiger partial charge in [-0.05, 0) is 18.2 Å². The van der Waals surface area contributed by atoms with Crippen LogP contribution in [0.1, 0.15) is 10.4 Å². The molecule has 8 heteroatoms. The second-order valence-corrected chi connectivity index (χ2v) is 4.87. The highest BCUT2D eigenvalue weighted by molar-refractivity contribution is 6.07. The SMILES string of the molecule is O=C(c1cncc(OCC(F)F)c1)N1CCNc2ncccc21. The van der Waals surface area contributed by atoms with E-state index in [1.165, 1.54) is 18.5 Å². The van der Waals surface area contributed by atoms with Crippen molar-refractivity contribution in [3.63, 3.8) is 0 Å². The lowest BCUT2D eigenvalue weighted by molar-refractivity contribution is 0.0816. The summed E-state index contributed by atoms with van der Waals surface area (Å²) in [5.74, 6) is 0.485. The van der Waals surface area contributed by atoms with Gasteiger partial charge in [-0.2, -0.15) is 0 Å². The van der Waals surface area contributed by atoms with E-state index in [0.717, 1.165) is 0 Å². The highest BCUT2D eigenvalue weighted by Gasteiger charge is 2.24. The Morgan fingerprint density at radius 1 is 1.43 bits per heavy atom. The Morgan fingerprint density at radius 2 is 2.30 bits per heavy atom. The van der Waals surface area contributed by atoms with Crippen molar-refractivity contribution in [2.24, 2.45) is 0 Å². The third-order valence-corrected chi connectivity index (χ3v) is 3.29. The van der Waals surface area contributed by atoms with E-state index >= 15 is 0 Å². The minimum absolute atomic E-state index is 0.137. The number of hydrogen-bond donors (Lipinski definition) is 1. The van der Waals surface area contributed by atoms with Gasteiger partial charge >= 0.3 is 0 Å². The predicted octanol–water partition coefficient (Wildman–Crippen LogP) is 2.19. The molecule has 120 valence electrons. The van der Waals surface area contributed by atoms with Gasteiger partial charge in [0.1, 0.15) is 18.2 Å². The lowest BCUT2D eigenvalue weighted by Crippen LogP contribution is -2.39. The number of aromatic nitrogens is 2. The van der Waals surface area contributed by atoms with Crippen molar-refractivity contribution in [3.8, 4) is 5.75 Å². The summed E-state index contributed by atoms with van der Waals surface area (Å²) in [5.41, 5.74) is 0.941. The van der Waals surface area contributed by atoms with Gasteiger partial charge in [-0.15, -0.1) is 0 Å². The van der Waals surface area contributed by atoms with Crippen LogP contribution in [0.25, 0.3) is 0 Å². The lowest BCUT2D eigenvalue weighted by atomic mass is 10.2. The van der Waals surface area contributed by atoms with Crippen LogP contribution >= 0.6 is 0 Å². The van der Waals surface area contributed by atoms with Gasteiger partial charge in [-0.25, -0.2) is 13.8 Å². The van der Waals surface area contributed by atoms with Crippen LogP contribution in [0, 0.1) is 0 Å². The number of amides is 1. The number of hydrogen-bond acceptors (Lipinski definition) is 5. The summed E-state index contributed by atoms with van der Waals surface area (Å²) in [4.78, 5) is 22.3. The molecule has 1 N–H and O–H groups in total. The third-order valence-electron chi connectivity index (χ3n) is 3.29. The zero-order chi connectivity index (χ0) is 16.2. The number of anilines is 2. The molecule has 0 saturated carbocycles. The first-order valence-electron chi connectivity index (χ1n) is 7.02. The molecule has 0 saturated heterocycles. The molecule has 1 aliphatic rings. The van der Waals surface area contributed by atoms with Gasteiger partial charge < -0.3 is 15.0 Å². The minimum Gasteiger partial charge on any atom is -0.486 e. The van der Waals surface area contributed by atoms with Crippen molar-refractivity contribution in [1.29, 1.82) is 0 Å². The number of nitrogens with one attached hydrogen (secondary N) is 1. The third kappa shape index (κ3) is 3.36. The number of alkyl halides is 2. The Kier molecular flexibility index (Phi) is 4.31. The average molecular weight is 320 g/mol. The monoisotopic (exact) mass is 320 g/mol. The summed E-state index contributed by atoms with van der Waals surface area (Å²) in [6.45, 7) is 0.310. The predicted molar refractivity (Wildman–Crippen MR) is 80.1 cm³/mol. The number of rotatable bonds is 4. The zero-order valence-corrected chi connectivity index (χ0v) is 12.1. The molecule has 6 nitrogen and oxygen atoms in total. The fourth-order valence-electron chi connectivity index (χ4n) is 2.30. The minimum atomic E-state index is -2.58. The molecule has 0 spiro atoms. The number of pyridine rings is 2. The van der Waals surface area contributed by atoms with Crippen LogP contribution in [0.2, 0.25) is 0 Å². The Hall–Kier alpha value is -2.77. The van der Waals surface area contributed by atoms with Crippen LogP contribution in [-0.4, -0.2) is 42.0 Å². The Balaban J connectivity index is 1.83. The summed E-state index contributed by atoms with van der Waals surface area (Å²) in [7, 11) is 0. The van der Waals surface area contributed by atoms with Gasteiger partial charge in [-0.3, -0.25) is 9.78 Å². The molecule has 3 heterocycles. The highest BCUT2D eigenvalue weighted by atomic mass is 19.3. The van der Waals surface area contributed by atoms with E-state index in [9.17, 15) is 13.6 Å². The van der Waals surface area contributed by atoms with Crippen molar-refractivity contribution in [2.75, 3.05) is 29.9 Å². The molecule has 2 aromatic rings. The summed E-state index contributed by atoms with van der Waals surface area (Å²) < 4.78 is 29.3. The molecule has 0 atom stereocenters. The number of carbonyl (C=O) groups excluding carboxylic acids is 1. The first-order valence-corrected chi connectivity index (χ1v) is 7.02. The normalized spacial score (nSPS) is 13.4. The van der Waals surface area contributed by atoms with Gasteiger partial charge in [0.25, 0.3) is 12.3 Å². The topological polar surface area (TPSA) is 67.3 Å². The van der Waals surface area contributed by atoms with Crippen LogP contribution in [-0.2, 0) is 0 Å². The molecule has 0 bridgehead atoms. The van der Waals surface area contributed by atoms with Crippen LogP contribution in [0.15, 0.2) is 36.8 Å². The van der Waals surface area contributed by atoms with Crippen molar-refractivity contribution in [2.45, 2.75) is 6.43 Å². The van der Waals surface area contributed by atoms with Gasteiger partial charge in [0, 0.05) is 25.5 Å². The van der Waals surface area contributed by atoms with E-state index in [0.29, 0.717) is 24.6 Å². The van der Waals surface area contributed by atoms with Crippen molar-refractivity contribution >= 4 is 17.4 Å². The van der Waals surface area contributed by atoms with Gasteiger partial charge in [0.2, 0.25) is 0 Å². The summed E-state index contributed by atoms with van der Waals surface area (Å²) in [6, 6.07) is 4.94. The number of halogens is 2. The van der Waals surface area contributed by atoms with E-state index in [1.54, 1.807) is 23.2 Å².